The van der Waals surface area contributed by atoms with Gasteiger partial charge in [-0.2, -0.15) is 5.10 Å². The molecule has 2 rings (SSSR count). The van der Waals surface area contributed by atoms with Gasteiger partial charge in [0.25, 0.3) is 0 Å². The molecule has 1 atom stereocenters. The number of aryl methyl sites for hydroxylation is 2. The van der Waals surface area contributed by atoms with Gasteiger partial charge in [-0.05, 0) is 45.6 Å². The summed E-state index contributed by atoms with van der Waals surface area (Å²) in [5, 5.41) is 11.5. The Balaban J connectivity index is 1.77. The minimum absolute atomic E-state index is 0.288. The molecule has 0 amide bonds. The number of rotatable bonds is 10. The standard InChI is InChI=1S/C19H36N6O/c1-14(13-18-15(2)23-24(5)16(18)3)22-19(20-4)21-9-10-25(11-12-26-6)17-7-8-17/h14,17H,7-13H2,1-6H3,(H2,20,21,22). The first-order valence-corrected chi connectivity index (χ1v) is 9.65. The molecule has 0 bridgehead atoms. The van der Waals surface area contributed by atoms with Crippen molar-refractivity contribution in [3.8, 4) is 0 Å². The van der Waals surface area contributed by atoms with Gasteiger partial charge in [-0.1, -0.05) is 0 Å². The zero-order chi connectivity index (χ0) is 19.1. The van der Waals surface area contributed by atoms with E-state index in [2.05, 4.69) is 46.4 Å². The van der Waals surface area contributed by atoms with E-state index < -0.39 is 0 Å². The van der Waals surface area contributed by atoms with Crippen molar-refractivity contribution in [1.82, 2.24) is 25.3 Å². The quantitative estimate of drug-likeness (QED) is 0.483. The molecule has 1 aromatic heterocycles. The first kappa shape index (κ1) is 20.7. The Morgan fingerprint density at radius 3 is 2.65 bits per heavy atom. The van der Waals surface area contributed by atoms with E-state index in [-0.39, 0.29) is 6.04 Å². The van der Waals surface area contributed by atoms with Crippen LogP contribution in [0, 0.1) is 13.8 Å². The van der Waals surface area contributed by atoms with Crippen LogP contribution in [-0.4, -0.2) is 73.1 Å². The van der Waals surface area contributed by atoms with Gasteiger partial charge in [-0.25, -0.2) is 0 Å². The summed E-state index contributed by atoms with van der Waals surface area (Å²) in [5.74, 6) is 0.860. The van der Waals surface area contributed by atoms with Crippen LogP contribution in [0.3, 0.4) is 0 Å². The van der Waals surface area contributed by atoms with Crippen molar-refractivity contribution in [2.75, 3.05) is 40.4 Å². The lowest BCUT2D eigenvalue weighted by Gasteiger charge is -2.23. The van der Waals surface area contributed by atoms with Crippen molar-refractivity contribution in [1.29, 1.82) is 0 Å². The number of aliphatic imine (C=N–C) groups is 1. The largest absolute Gasteiger partial charge is 0.383 e. The fourth-order valence-corrected chi connectivity index (χ4v) is 3.34. The molecule has 7 nitrogen and oxygen atoms in total. The molecule has 1 aliphatic carbocycles. The third-order valence-electron chi connectivity index (χ3n) is 5.11. The van der Waals surface area contributed by atoms with E-state index in [4.69, 9.17) is 4.74 Å². The molecular weight excluding hydrogens is 328 g/mol. The first-order chi connectivity index (χ1) is 12.5. The van der Waals surface area contributed by atoms with Crippen molar-refractivity contribution >= 4 is 5.96 Å². The zero-order valence-electron chi connectivity index (χ0n) is 17.3. The lowest BCUT2D eigenvalue weighted by molar-refractivity contribution is 0.144. The van der Waals surface area contributed by atoms with Gasteiger partial charge < -0.3 is 15.4 Å². The molecule has 1 aromatic rings. The van der Waals surface area contributed by atoms with Gasteiger partial charge in [-0.15, -0.1) is 0 Å². The van der Waals surface area contributed by atoms with E-state index in [0.29, 0.717) is 0 Å². The van der Waals surface area contributed by atoms with Crippen LogP contribution in [0.25, 0.3) is 0 Å². The van der Waals surface area contributed by atoms with Gasteiger partial charge in [0.15, 0.2) is 5.96 Å². The Labute approximate surface area is 158 Å². The van der Waals surface area contributed by atoms with Crippen LogP contribution in [0.1, 0.15) is 36.7 Å². The highest BCUT2D eigenvalue weighted by Crippen LogP contribution is 2.25. The molecular formula is C19H36N6O. The van der Waals surface area contributed by atoms with Crippen molar-refractivity contribution < 1.29 is 4.74 Å². The van der Waals surface area contributed by atoms with Crippen molar-refractivity contribution in [2.24, 2.45) is 12.0 Å². The van der Waals surface area contributed by atoms with Crippen molar-refractivity contribution in [2.45, 2.75) is 52.1 Å². The minimum Gasteiger partial charge on any atom is -0.383 e. The van der Waals surface area contributed by atoms with Gasteiger partial charge in [0.05, 0.1) is 12.3 Å². The lowest BCUT2D eigenvalue weighted by atomic mass is 10.1. The number of methoxy groups -OCH3 is 1. The molecule has 0 aromatic carbocycles. The van der Waals surface area contributed by atoms with E-state index >= 15 is 0 Å². The van der Waals surface area contributed by atoms with Gasteiger partial charge in [0, 0.05) is 58.6 Å². The van der Waals surface area contributed by atoms with E-state index in [1.807, 2.05) is 18.8 Å². The number of nitrogens with one attached hydrogen (secondary N) is 2. The van der Waals surface area contributed by atoms with Gasteiger partial charge in [0.2, 0.25) is 0 Å². The summed E-state index contributed by atoms with van der Waals surface area (Å²) in [4.78, 5) is 6.88. The van der Waals surface area contributed by atoms with Gasteiger partial charge in [-0.3, -0.25) is 14.6 Å². The normalized spacial score (nSPS) is 16.2. The molecule has 0 radical (unpaired) electrons. The predicted octanol–water partition coefficient (Wildman–Crippen LogP) is 1.24. The van der Waals surface area contributed by atoms with Gasteiger partial charge >= 0.3 is 0 Å². The Kier molecular flexibility index (Phi) is 7.90. The predicted molar refractivity (Wildman–Crippen MR) is 107 cm³/mol. The molecule has 7 heteroatoms. The Morgan fingerprint density at radius 2 is 2.12 bits per heavy atom. The molecule has 2 N–H and O–H groups in total. The van der Waals surface area contributed by atoms with Crippen LogP contribution in [0.5, 0.6) is 0 Å². The fraction of sp³-hybridized carbons (Fsp3) is 0.789. The molecule has 1 saturated carbocycles. The number of hydrogen-bond acceptors (Lipinski definition) is 4. The molecule has 1 aliphatic rings. The fourth-order valence-electron chi connectivity index (χ4n) is 3.34. The summed E-state index contributed by atoms with van der Waals surface area (Å²) < 4.78 is 7.18. The number of guanidine groups is 1. The molecule has 1 heterocycles. The van der Waals surface area contributed by atoms with Crippen LogP contribution >= 0.6 is 0 Å². The number of hydrogen-bond donors (Lipinski definition) is 2. The maximum atomic E-state index is 5.22. The highest BCUT2D eigenvalue weighted by molar-refractivity contribution is 5.79. The molecule has 26 heavy (non-hydrogen) atoms. The van der Waals surface area contributed by atoms with Gasteiger partial charge in [0.1, 0.15) is 0 Å². The molecule has 0 aliphatic heterocycles. The summed E-state index contributed by atoms with van der Waals surface area (Å²) in [6.45, 7) is 10.1. The monoisotopic (exact) mass is 364 g/mol. The summed E-state index contributed by atoms with van der Waals surface area (Å²) in [6, 6.07) is 1.04. The van der Waals surface area contributed by atoms with Crippen LogP contribution in [0.15, 0.2) is 4.99 Å². The highest BCUT2D eigenvalue weighted by Gasteiger charge is 2.28. The minimum atomic E-state index is 0.288. The molecule has 148 valence electrons. The lowest BCUT2D eigenvalue weighted by Crippen LogP contribution is -2.46. The summed E-state index contributed by atoms with van der Waals surface area (Å²) in [5.41, 5.74) is 3.67. The number of aromatic nitrogens is 2. The molecule has 1 unspecified atom stereocenters. The third-order valence-corrected chi connectivity index (χ3v) is 5.11. The summed E-state index contributed by atoms with van der Waals surface area (Å²) in [7, 11) is 5.59. The van der Waals surface area contributed by atoms with E-state index in [0.717, 1.165) is 50.4 Å². The number of nitrogens with zero attached hydrogens (tertiary/aromatic N) is 4. The van der Waals surface area contributed by atoms with Crippen LogP contribution < -0.4 is 10.6 Å². The van der Waals surface area contributed by atoms with Crippen LogP contribution in [0.4, 0.5) is 0 Å². The number of ether oxygens (including phenoxy) is 1. The third kappa shape index (κ3) is 5.99. The van der Waals surface area contributed by atoms with E-state index in [1.54, 1.807) is 7.11 Å². The van der Waals surface area contributed by atoms with E-state index in [1.165, 1.54) is 24.1 Å². The Bertz CT molecular complexity index is 593. The smallest absolute Gasteiger partial charge is 0.191 e. The maximum Gasteiger partial charge on any atom is 0.191 e. The van der Waals surface area contributed by atoms with Crippen LogP contribution in [0.2, 0.25) is 0 Å². The second-order valence-electron chi connectivity index (χ2n) is 7.28. The van der Waals surface area contributed by atoms with Crippen molar-refractivity contribution in [3.63, 3.8) is 0 Å². The second-order valence-corrected chi connectivity index (χ2v) is 7.28. The Hall–Kier alpha value is -1.60. The zero-order valence-corrected chi connectivity index (χ0v) is 17.3. The molecule has 0 spiro atoms. The van der Waals surface area contributed by atoms with E-state index in [9.17, 15) is 0 Å². The van der Waals surface area contributed by atoms with Crippen LogP contribution in [-0.2, 0) is 18.2 Å². The molecule has 1 fully saturated rings. The highest BCUT2D eigenvalue weighted by atomic mass is 16.5. The summed E-state index contributed by atoms with van der Waals surface area (Å²) >= 11 is 0. The maximum absolute atomic E-state index is 5.22. The van der Waals surface area contributed by atoms with Crippen molar-refractivity contribution in [3.05, 3.63) is 17.0 Å². The average molecular weight is 365 g/mol. The summed E-state index contributed by atoms with van der Waals surface area (Å²) in [6.07, 6.45) is 3.57. The first-order valence-electron chi connectivity index (χ1n) is 9.65. The SMILES string of the molecule is CN=C(NCCN(CCOC)C1CC1)NC(C)Cc1c(C)nn(C)c1C. The second kappa shape index (κ2) is 9.92. The average Bonchev–Trinajstić information content (AvgIpc) is 3.42. The Morgan fingerprint density at radius 1 is 1.38 bits per heavy atom. The topological polar surface area (TPSA) is 66.7 Å². The molecule has 0 saturated heterocycles.